The summed E-state index contributed by atoms with van der Waals surface area (Å²) >= 11 is 0. The Morgan fingerprint density at radius 1 is 1.16 bits per heavy atom. The Labute approximate surface area is 118 Å². The second kappa shape index (κ2) is 5.76. The van der Waals surface area contributed by atoms with E-state index in [1.807, 2.05) is 30.3 Å². The van der Waals surface area contributed by atoms with Gasteiger partial charge in [-0.1, -0.05) is 39.0 Å². The zero-order valence-corrected chi connectivity index (χ0v) is 12.8. The maximum Gasteiger partial charge on any atom is 0.0687 e. The van der Waals surface area contributed by atoms with Gasteiger partial charge >= 0.3 is 0 Å². The Morgan fingerprint density at radius 2 is 1.79 bits per heavy atom. The number of hydrogen-bond acceptors (Lipinski definition) is 2. The van der Waals surface area contributed by atoms with Crippen LogP contribution < -0.4 is 0 Å². The van der Waals surface area contributed by atoms with E-state index in [1.165, 1.54) is 0 Å². The average molecular weight is 280 g/mol. The van der Waals surface area contributed by atoms with Crippen molar-refractivity contribution < 1.29 is 9.32 Å². The third-order valence-corrected chi connectivity index (χ3v) is 6.03. The van der Waals surface area contributed by atoms with Crippen LogP contribution in [-0.4, -0.2) is 20.7 Å². The molecule has 2 nitrogen and oxygen atoms in total. The minimum absolute atomic E-state index is 0.125. The van der Waals surface area contributed by atoms with Gasteiger partial charge in [0.05, 0.1) is 22.2 Å². The van der Waals surface area contributed by atoms with E-state index in [0.29, 0.717) is 5.92 Å². The molecule has 1 aromatic rings. The summed E-state index contributed by atoms with van der Waals surface area (Å²) in [6, 6.07) is 9.52. The second-order valence-electron chi connectivity index (χ2n) is 6.59. The highest BCUT2D eigenvalue weighted by atomic mass is 32.2. The van der Waals surface area contributed by atoms with E-state index in [-0.39, 0.29) is 10.7 Å². The fraction of sp³-hybridized carbons (Fsp3) is 0.625. The van der Waals surface area contributed by atoms with E-state index in [1.54, 1.807) is 0 Å². The number of rotatable bonds is 2. The lowest BCUT2D eigenvalue weighted by atomic mass is 9.71. The molecule has 0 amide bonds. The first-order valence-electron chi connectivity index (χ1n) is 7.03. The highest BCUT2D eigenvalue weighted by molar-refractivity contribution is 7.85. The monoisotopic (exact) mass is 280 g/mol. The van der Waals surface area contributed by atoms with Gasteiger partial charge in [-0.3, -0.25) is 4.21 Å². The maximum atomic E-state index is 12.6. The van der Waals surface area contributed by atoms with Crippen molar-refractivity contribution in [2.45, 2.75) is 56.3 Å². The predicted octanol–water partition coefficient (Wildman–Crippen LogP) is 3.37. The first-order valence-corrected chi connectivity index (χ1v) is 8.24. The van der Waals surface area contributed by atoms with Crippen molar-refractivity contribution >= 4 is 10.8 Å². The van der Waals surface area contributed by atoms with Crippen molar-refractivity contribution in [3.63, 3.8) is 0 Å². The molecule has 1 aliphatic carbocycles. The summed E-state index contributed by atoms with van der Waals surface area (Å²) in [5.74, 6) is 0.536. The fourth-order valence-corrected chi connectivity index (χ4v) is 4.46. The molecule has 1 fully saturated rings. The first-order chi connectivity index (χ1) is 8.89. The molecule has 4 atom stereocenters. The van der Waals surface area contributed by atoms with Crippen molar-refractivity contribution in [1.29, 1.82) is 0 Å². The molecule has 1 saturated carbocycles. The third-order valence-electron chi connectivity index (χ3n) is 4.23. The molecule has 0 saturated heterocycles. The van der Waals surface area contributed by atoms with Crippen molar-refractivity contribution in [3.8, 4) is 0 Å². The molecular weight excluding hydrogens is 256 g/mol. The molecule has 106 valence electrons. The Bertz CT molecular complexity index is 436. The Hall–Kier alpha value is -0.670. The number of aliphatic hydroxyl groups is 1. The standard InChI is InChI=1S/C16H24O2S/c1-16(2,3)12-9-10-14(17)15(11-12)19(18)13-7-5-4-6-8-13/h4-8,12,14-15,17H,9-11H2,1-3H3/t12-,14-,15+,19?/m1/s1. The van der Waals surface area contributed by atoms with Gasteiger partial charge in [0, 0.05) is 4.90 Å². The highest BCUT2D eigenvalue weighted by Crippen LogP contribution is 2.40. The molecule has 1 aliphatic rings. The summed E-state index contributed by atoms with van der Waals surface area (Å²) in [7, 11) is -1.11. The number of aliphatic hydroxyl groups excluding tert-OH is 1. The summed E-state index contributed by atoms with van der Waals surface area (Å²) in [5.41, 5.74) is 0.222. The molecule has 0 aliphatic heterocycles. The van der Waals surface area contributed by atoms with Crippen LogP contribution >= 0.6 is 0 Å². The van der Waals surface area contributed by atoms with E-state index in [9.17, 15) is 9.32 Å². The molecule has 0 heterocycles. The molecule has 0 bridgehead atoms. The van der Waals surface area contributed by atoms with Gasteiger partial charge in [0.1, 0.15) is 0 Å². The average Bonchev–Trinajstić information content (AvgIpc) is 2.38. The minimum Gasteiger partial charge on any atom is -0.392 e. The summed E-state index contributed by atoms with van der Waals surface area (Å²) < 4.78 is 12.6. The Morgan fingerprint density at radius 3 is 2.37 bits per heavy atom. The van der Waals surface area contributed by atoms with E-state index in [2.05, 4.69) is 20.8 Å². The lowest BCUT2D eigenvalue weighted by Crippen LogP contribution is -2.40. The molecule has 0 spiro atoms. The van der Waals surface area contributed by atoms with Gasteiger partial charge in [-0.05, 0) is 42.7 Å². The lowest BCUT2D eigenvalue weighted by molar-refractivity contribution is 0.0772. The normalized spacial score (nSPS) is 30.0. The van der Waals surface area contributed by atoms with Gasteiger partial charge in [0.15, 0.2) is 0 Å². The summed E-state index contributed by atoms with van der Waals surface area (Å²) in [6.45, 7) is 6.70. The summed E-state index contributed by atoms with van der Waals surface area (Å²) in [5, 5.41) is 10.1. The second-order valence-corrected chi connectivity index (χ2v) is 8.26. The van der Waals surface area contributed by atoms with E-state index in [0.717, 1.165) is 24.2 Å². The van der Waals surface area contributed by atoms with Gasteiger partial charge in [-0.15, -0.1) is 0 Å². The summed E-state index contributed by atoms with van der Waals surface area (Å²) in [6.07, 6.45) is 2.23. The smallest absolute Gasteiger partial charge is 0.0687 e. The number of hydrogen-bond donors (Lipinski definition) is 1. The third kappa shape index (κ3) is 3.46. The van der Waals surface area contributed by atoms with Crippen LogP contribution in [0.4, 0.5) is 0 Å². The minimum atomic E-state index is -1.11. The molecular formula is C16H24O2S. The van der Waals surface area contributed by atoms with Crippen LogP contribution in [0, 0.1) is 11.3 Å². The quantitative estimate of drug-likeness (QED) is 0.902. The molecule has 2 rings (SSSR count). The van der Waals surface area contributed by atoms with Crippen molar-refractivity contribution in [1.82, 2.24) is 0 Å². The number of benzene rings is 1. The topological polar surface area (TPSA) is 37.3 Å². The van der Waals surface area contributed by atoms with Crippen LogP contribution in [0.1, 0.15) is 40.0 Å². The first kappa shape index (κ1) is 14.7. The lowest BCUT2D eigenvalue weighted by Gasteiger charge is -2.39. The molecule has 1 N–H and O–H groups in total. The van der Waals surface area contributed by atoms with Gasteiger partial charge in [0.25, 0.3) is 0 Å². The highest BCUT2D eigenvalue weighted by Gasteiger charge is 2.38. The predicted molar refractivity (Wildman–Crippen MR) is 79.4 cm³/mol. The maximum absolute atomic E-state index is 12.6. The van der Waals surface area contributed by atoms with Crippen LogP contribution in [0.25, 0.3) is 0 Å². The molecule has 19 heavy (non-hydrogen) atoms. The SMILES string of the molecule is CC(C)(C)[C@@H]1CC[C@@H](O)[C@@H](S(=O)c2ccccc2)C1. The zero-order valence-electron chi connectivity index (χ0n) is 12.0. The van der Waals surface area contributed by atoms with Crippen molar-refractivity contribution in [3.05, 3.63) is 30.3 Å². The molecule has 3 heteroatoms. The van der Waals surface area contributed by atoms with E-state index >= 15 is 0 Å². The van der Waals surface area contributed by atoms with Gasteiger partial charge in [-0.2, -0.15) is 0 Å². The van der Waals surface area contributed by atoms with Crippen molar-refractivity contribution in [2.24, 2.45) is 11.3 Å². The van der Waals surface area contributed by atoms with Crippen LogP contribution in [0.15, 0.2) is 35.2 Å². The molecule has 1 aromatic carbocycles. The van der Waals surface area contributed by atoms with Crippen LogP contribution in [0.5, 0.6) is 0 Å². The van der Waals surface area contributed by atoms with E-state index in [4.69, 9.17) is 0 Å². The van der Waals surface area contributed by atoms with E-state index < -0.39 is 16.9 Å². The molecule has 0 aromatic heterocycles. The fourth-order valence-electron chi connectivity index (χ4n) is 2.86. The van der Waals surface area contributed by atoms with Crippen LogP contribution in [0.2, 0.25) is 0 Å². The Kier molecular flexibility index (Phi) is 4.46. The van der Waals surface area contributed by atoms with Gasteiger partial charge < -0.3 is 5.11 Å². The van der Waals surface area contributed by atoms with Crippen LogP contribution in [-0.2, 0) is 10.8 Å². The van der Waals surface area contributed by atoms with Crippen LogP contribution in [0.3, 0.4) is 0 Å². The zero-order chi connectivity index (χ0) is 14.0. The van der Waals surface area contributed by atoms with Crippen molar-refractivity contribution in [2.75, 3.05) is 0 Å². The summed E-state index contributed by atoms with van der Waals surface area (Å²) in [4.78, 5) is 0.834. The molecule has 1 unspecified atom stereocenters. The largest absolute Gasteiger partial charge is 0.392 e. The van der Waals surface area contributed by atoms with Gasteiger partial charge in [0.2, 0.25) is 0 Å². The molecule has 0 radical (unpaired) electrons. The Balaban J connectivity index is 2.16. The van der Waals surface area contributed by atoms with Gasteiger partial charge in [-0.25, -0.2) is 0 Å².